The van der Waals surface area contributed by atoms with Crippen molar-refractivity contribution in [1.29, 1.82) is 0 Å². The molecule has 2 aromatic rings. The summed E-state index contributed by atoms with van der Waals surface area (Å²) in [5, 5.41) is 8.67. The van der Waals surface area contributed by atoms with Crippen molar-refractivity contribution in [3.05, 3.63) is 41.9 Å². The van der Waals surface area contributed by atoms with Crippen LogP contribution < -0.4 is 0 Å². The minimum atomic E-state index is -1.05. The summed E-state index contributed by atoms with van der Waals surface area (Å²) in [4.78, 5) is 14.6. The fourth-order valence-corrected chi connectivity index (χ4v) is 1.32. The van der Waals surface area contributed by atoms with Gasteiger partial charge in [-0.2, -0.15) is 0 Å². The molecule has 0 unspecified atom stereocenters. The maximum atomic E-state index is 10.6. The van der Waals surface area contributed by atoms with E-state index in [0.29, 0.717) is 12.3 Å². The molecular formula is C10H10N2O3. The second-order valence-electron chi connectivity index (χ2n) is 3.17. The zero-order valence-electron chi connectivity index (χ0n) is 8.17. The van der Waals surface area contributed by atoms with Crippen LogP contribution in [-0.4, -0.2) is 20.6 Å². The second kappa shape index (κ2) is 3.61. The third-order valence-electron chi connectivity index (χ3n) is 2.12. The predicted molar refractivity (Wildman–Crippen MR) is 51.7 cm³/mol. The van der Waals surface area contributed by atoms with Gasteiger partial charge in [0.15, 0.2) is 0 Å². The number of nitrogens with zero attached hydrogens (tertiary/aromatic N) is 2. The van der Waals surface area contributed by atoms with Crippen molar-refractivity contribution >= 4 is 5.97 Å². The maximum absolute atomic E-state index is 10.6. The van der Waals surface area contributed by atoms with Crippen molar-refractivity contribution in [2.24, 2.45) is 0 Å². The van der Waals surface area contributed by atoms with Gasteiger partial charge >= 0.3 is 5.97 Å². The van der Waals surface area contributed by atoms with Gasteiger partial charge in [-0.05, 0) is 19.1 Å². The maximum Gasteiger partial charge on any atom is 0.371 e. The van der Waals surface area contributed by atoms with E-state index in [-0.39, 0.29) is 5.76 Å². The molecule has 0 fully saturated rings. The minimum Gasteiger partial charge on any atom is -0.475 e. The van der Waals surface area contributed by atoms with Crippen LogP contribution in [0, 0.1) is 6.92 Å². The topological polar surface area (TPSA) is 68.3 Å². The molecule has 0 atom stereocenters. The van der Waals surface area contributed by atoms with Gasteiger partial charge in [0.2, 0.25) is 5.76 Å². The van der Waals surface area contributed by atoms with Gasteiger partial charge in [-0.25, -0.2) is 9.78 Å². The van der Waals surface area contributed by atoms with Crippen molar-refractivity contribution in [1.82, 2.24) is 9.55 Å². The van der Waals surface area contributed by atoms with Crippen LogP contribution in [0.25, 0.3) is 0 Å². The molecule has 0 aliphatic heterocycles. The van der Waals surface area contributed by atoms with Crippen LogP contribution in [0.15, 0.2) is 28.9 Å². The number of furan rings is 1. The highest BCUT2D eigenvalue weighted by Crippen LogP contribution is 2.10. The van der Waals surface area contributed by atoms with E-state index in [1.165, 1.54) is 6.07 Å². The fourth-order valence-electron chi connectivity index (χ4n) is 1.32. The first-order valence-electron chi connectivity index (χ1n) is 4.46. The van der Waals surface area contributed by atoms with Crippen LogP contribution in [0.1, 0.15) is 22.1 Å². The standard InChI is InChI=1S/C10H10N2O3/c1-7-11-4-5-12(7)6-8-2-3-9(15-8)10(13)14/h2-5H,6H2,1H3,(H,13,14). The fraction of sp³-hybridized carbons (Fsp3) is 0.200. The first kappa shape index (κ1) is 9.51. The van der Waals surface area contributed by atoms with E-state index in [2.05, 4.69) is 4.98 Å². The van der Waals surface area contributed by atoms with Crippen molar-refractivity contribution < 1.29 is 14.3 Å². The number of carboxylic acids is 1. The Morgan fingerprint density at radius 3 is 2.93 bits per heavy atom. The number of rotatable bonds is 3. The van der Waals surface area contributed by atoms with E-state index in [9.17, 15) is 4.79 Å². The molecule has 5 heteroatoms. The number of aromatic carboxylic acids is 1. The molecule has 0 bridgehead atoms. The molecular weight excluding hydrogens is 196 g/mol. The van der Waals surface area contributed by atoms with Gasteiger partial charge in [0, 0.05) is 12.4 Å². The van der Waals surface area contributed by atoms with Crippen LogP contribution in [0.4, 0.5) is 0 Å². The van der Waals surface area contributed by atoms with Gasteiger partial charge in [-0.15, -0.1) is 0 Å². The molecule has 0 aromatic carbocycles. The highest BCUT2D eigenvalue weighted by atomic mass is 16.4. The summed E-state index contributed by atoms with van der Waals surface area (Å²) in [7, 11) is 0. The molecule has 15 heavy (non-hydrogen) atoms. The summed E-state index contributed by atoms with van der Waals surface area (Å²) < 4.78 is 7.00. The molecule has 2 aromatic heterocycles. The first-order chi connectivity index (χ1) is 7.16. The zero-order chi connectivity index (χ0) is 10.8. The number of imidazole rings is 1. The summed E-state index contributed by atoms with van der Waals surface area (Å²) in [5.74, 6) is 0.378. The summed E-state index contributed by atoms with van der Waals surface area (Å²) in [6.07, 6.45) is 3.51. The van der Waals surface area contributed by atoms with Gasteiger partial charge in [0.05, 0.1) is 6.54 Å². The summed E-state index contributed by atoms with van der Waals surface area (Å²) in [5.41, 5.74) is 0. The van der Waals surface area contributed by atoms with Crippen LogP contribution in [0.5, 0.6) is 0 Å². The smallest absolute Gasteiger partial charge is 0.371 e. The highest BCUT2D eigenvalue weighted by Gasteiger charge is 2.09. The molecule has 78 valence electrons. The van der Waals surface area contributed by atoms with Gasteiger partial charge in [-0.1, -0.05) is 0 Å². The lowest BCUT2D eigenvalue weighted by atomic mass is 10.4. The highest BCUT2D eigenvalue weighted by molar-refractivity contribution is 5.84. The Hall–Kier alpha value is -2.04. The van der Waals surface area contributed by atoms with Gasteiger partial charge in [-0.3, -0.25) is 0 Å². The largest absolute Gasteiger partial charge is 0.475 e. The molecule has 0 aliphatic rings. The van der Waals surface area contributed by atoms with Crippen molar-refractivity contribution in [3.8, 4) is 0 Å². The Morgan fingerprint density at radius 1 is 1.60 bits per heavy atom. The quantitative estimate of drug-likeness (QED) is 0.826. The molecule has 0 spiro atoms. The van der Waals surface area contributed by atoms with E-state index >= 15 is 0 Å². The molecule has 5 nitrogen and oxygen atoms in total. The molecule has 0 amide bonds. The molecule has 0 saturated heterocycles. The Labute approximate surface area is 86.0 Å². The predicted octanol–water partition coefficient (Wildman–Crippen LogP) is 1.53. The minimum absolute atomic E-state index is 0.0391. The number of carbonyl (C=O) groups is 1. The third kappa shape index (κ3) is 1.90. The molecule has 0 aliphatic carbocycles. The average molecular weight is 206 g/mol. The number of aromatic nitrogens is 2. The summed E-state index contributed by atoms with van der Waals surface area (Å²) >= 11 is 0. The van der Waals surface area contributed by atoms with Gasteiger partial charge < -0.3 is 14.1 Å². The van der Waals surface area contributed by atoms with E-state index < -0.39 is 5.97 Å². The summed E-state index contributed by atoms with van der Waals surface area (Å²) in [6, 6.07) is 3.10. The lowest BCUT2D eigenvalue weighted by Gasteiger charge is -2.00. The van der Waals surface area contributed by atoms with E-state index in [0.717, 1.165) is 5.82 Å². The molecule has 0 saturated carbocycles. The van der Waals surface area contributed by atoms with Crippen LogP contribution >= 0.6 is 0 Å². The summed E-state index contributed by atoms with van der Waals surface area (Å²) in [6.45, 7) is 2.38. The lowest BCUT2D eigenvalue weighted by Crippen LogP contribution is -1.99. The number of hydrogen-bond acceptors (Lipinski definition) is 3. The molecule has 2 rings (SSSR count). The van der Waals surface area contributed by atoms with E-state index in [1.54, 1.807) is 12.3 Å². The zero-order valence-corrected chi connectivity index (χ0v) is 8.17. The normalized spacial score (nSPS) is 10.5. The molecule has 1 N–H and O–H groups in total. The SMILES string of the molecule is Cc1nccn1Cc1ccc(C(=O)O)o1. The number of carboxylic acid groups (broad SMARTS) is 1. The van der Waals surface area contributed by atoms with E-state index in [4.69, 9.17) is 9.52 Å². The monoisotopic (exact) mass is 206 g/mol. The Kier molecular flexibility index (Phi) is 2.29. The number of aryl methyl sites for hydroxylation is 1. The van der Waals surface area contributed by atoms with Crippen molar-refractivity contribution in [2.45, 2.75) is 13.5 Å². The Balaban J connectivity index is 2.18. The average Bonchev–Trinajstić information content (AvgIpc) is 2.77. The second-order valence-corrected chi connectivity index (χ2v) is 3.17. The Bertz CT molecular complexity index is 484. The molecule has 2 heterocycles. The van der Waals surface area contributed by atoms with Crippen LogP contribution in [0.3, 0.4) is 0 Å². The van der Waals surface area contributed by atoms with Crippen molar-refractivity contribution in [2.75, 3.05) is 0 Å². The lowest BCUT2D eigenvalue weighted by molar-refractivity contribution is 0.0660. The molecule has 0 radical (unpaired) electrons. The van der Waals surface area contributed by atoms with E-state index in [1.807, 2.05) is 17.7 Å². The number of hydrogen-bond donors (Lipinski definition) is 1. The van der Waals surface area contributed by atoms with Gasteiger partial charge in [0.1, 0.15) is 11.6 Å². The van der Waals surface area contributed by atoms with Crippen molar-refractivity contribution in [3.63, 3.8) is 0 Å². The Morgan fingerprint density at radius 2 is 2.40 bits per heavy atom. The van der Waals surface area contributed by atoms with Gasteiger partial charge in [0.25, 0.3) is 0 Å². The first-order valence-corrected chi connectivity index (χ1v) is 4.46. The van der Waals surface area contributed by atoms with Crippen LogP contribution in [-0.2, 0) is 6.54 Å². The van der Waals surface area contributed by atoms with Crippen LogP contribution in [0.2, 0.25) is 0 Å². The third-order valence-corrected chi connectivity index (χ3v) is 2.12.